The summed E-state index contributed by atoms with van der Waals surface area (Å²) in [6, 6.07) is 4.17. The van der Waals surface area contributed by atoms with Crippen molar-refractivity contribution >= 4 is 17.4 Å². The Labute approximate surface area is 241 Å². The van der Waals surface area contributed by atoms with Gasteiger partial charge < -0.3 is 19.1 Å². The Morgan fingerprint density at radius 1 is 1.12 bits per heavy atom. The molecule has 0 saturated carbocycles. The fourth-order valence-corrected chi connectivity index (χ4v) is 5.37. The minimum atomic E-state index is -0.477. The molecule has 0 unspecified atom stereocenters. The number of morpholine rings is 1. The first kappa shape index (κ1) is 28.8. The lowest BCUT2D eigenvalue weighted by Crippen LogP contribution is -2.41. The lowest BCUT2D eigenvalue weighted by Gasteiger charge is -2.39. The van der Waals surface area contributed by atoms with Crippen LogP contribution in [0.1, 0.15) is 52.5 Å². The number of nitriles is 1. The molecule has 2 saturated heterocycles. The molecule has 3 aromatic heterocycles. The van der Waals surface area contributed by atoms with E-state index >= 15 is 0 Å². The number of anilines is 1. The molecular weight excluding hydrogens is 522 g/mol. The second-order valence-corrected chi connectivity index (χ2v) is 12.2. The van der Waals surface area contributed by atoms with E-state index in [2.05, 4.69) is 37.9 Å². The van der Waals surface area contributed by atoms with Crippen molar-refractivity contribution in [1.82, 2.24) is 24.5 Å². The van der Waals surface area contributed by atoms with Gasteiger partial charge in [-0.2, -0.15) is 10.4 Å². The zero-order valence-electron chi connectivity index (χ0n) is 24.4. The first-order valence-electron chi connectivity index (χ1n) is 14.3. The number of ether oxygens (including phenoxy) is 3. The molecule has 0 N–H and O–H groups in total. The van der Waals surface area contributed by atoms with Crippen molar-refractivity contribution in [2.45, 2.75) is 52.6 Å². The topological polar surface area (TPSA) is 118 Å². The highest BCUT2D eigenvalue weighted by molar-refractivity contribution is 5.84. The quantitative estimate of drug-likeness (QED) is 0.377. The molecule has 0 atom stereocenters. The van der Waals surface area contributed by atoms with Gasteiger partial charge in [0.1, 0.15) is 24.0 Å². The third-order valence-corrected chi connectivity index (χ3v) is 7.68. The summed E-state index contributed by atoms with van der Waals surface area (Å²) in [5.41, 5.74) is 2.15. The van der Waals surface area contributed by atoms with Crippen LogP contribution < -0.4 is 9.64 Å². The van der Waals surface area contributed by atoms with E-state index in [1.165, 1.54) is 0 Å². The first-order chi connectivity index (χ1) is 19.6. The Kier molecular flexibility index (Phi) is 8.42. The third kappa shape index (κ3) is 7.13. The van der Waals surface area contributed by atoms with Crippen LogP contribution in [-0.2, 0) is 14.3 Å². The standard InChI is InChI=1S/C30H39N7O4/c1-29(2,3)41-26(38)16-30(4)5-7-36(8-6-30)28-32-18-23(19-33-28)25-15-24(21-37-27(25)22(17-31)20-34-37)40-14-11-35-9-12-39-13-10-35/h15,18-21H,5-14,16H2,1-4H3. The van der Waals surface area contributed by atoms with Crippen LogP contribution in [0.25, 0.3) is 16.6 Å². The molecule has 0 aliphatic carbocycles. The highest BCUT2D eigenvalue weighted by atomic mass is 16.6. The van der Waals surface area contributed by atoms with Gasteiger partial charge in [-0.25, -0.2) is 14.5 Å². The van der Waals surface area contributed by atoms with Gasteiger partial charge in [0, 0.05) is 56.2 Å². The van der Waals surface area contributed by atoms with Crippen LogP contribution in [0, 0.1) is 16.7 Å². The predicted molar refractivity (Wildman–Crippen MR) is 154 cm³/mol. The number of piperidine rings is 1. The maximum absolute atomic E-state index is 12.4. The molecule has 11 nitrogen and oxygen atoms in total. The van der Waals surface area contributed by atoms with Crippen molar-refractivity contribution < 1.29 is 19.0 Å². The Morgan fingerprint density at radius 2 is 1.83 bits per heavy atom. The number of hydrogen-bond acceptors (Lipinski definition) is 10. The maximum Gasteiger partial charge on any atom is 0.306 e. The Morgan fingerprint density at radius 3 is 2.49 bits per heavy atom. The van der Waals surface area contributed by atoms with E-state index in [1.807, 2.05) is 26.8 Å². The highest BCUT2D eigenvalue weighted by Gasteiger charge is 2.34. The van der Waals surface area contributed by atoms with Gasteiger partial charge in [-0.15, -0.1) is 0 Å². The minimum Gasteiger partial charge on any atom is -0.491 e. The average molecular weight is 562 g/mol. The summed E-state index contributed by atoms with van der Waals surface area (Å²) in [4.78, 5) is 26.3. The van der Waals surface area contributed by atoms with Gasteiger partial charge in [-0.3, -0.25) is 9.69 Å². The lowest BCUT2D eigenvalue weighted by molar-refractivity contribution is -0.157. The van der Waals surface area contributed by atoms with Crippen LogP contribution in [0.2, 0.25) is 0 Å². The van der Waals surface area contributed by atoms with Gasteiger partial charge in [-0.1, -0.05) is 6.92 Å². The van der Waals surface area contributed by atoms with Crippen molar-refractivity contribution in [3.63, 3.8) is 0 Å². The molecule has 5 rings (SSSR count). The Bertz CT molecular complexity index is 1390. The number of aromatic nitrogens is 4. The fraction of sp³-hybridized carbons (Fsp3) is 0.567. The van der Waals surface area contributed by atoms with E-state index in [9.17, 15) is 10.1 Å². The monoisotopic (exact) mass is 561 g/mol. The molecule has 0 aromatic carbocycles. The van der Waals surface area contributed by atoms with Gasteiger partial charge in [0.15, 0.2) is 0 Å². The number of carbonyl (C=O) groups is 1. The number of carbonyl (C=O) groups excluding carboxylic acids is 1. The molecule has 5 heterocycles. The number of fused-ring (bicyclic) bond motifs is 1. The molecule has 0 radical (unpaired) electrons. The van der Waals surface area contributed by atoms with Crippen LogP contribution in [-0.4, -0.2) is 88.6 Å². The fourth-order valence-electron chi connectivity index (χ4n) is 5.37. The molecule has 2 fully saturated rings. The Balaban J connectivity index is 1.27. The van der Waals surface area contributed by atoms with Crippen molar-refractivity contribution in [3.05, 3.63) is 36.4 Å². The largest absolute Gasteiger partial charge is 0.491 e. The zero-order chi connectivity index (χ0) is 29.0. The van der Waals surface area contributed by atoms with Crippen molar-refractivity contribution in [2.75, 3.05) is 57.4 Å². The molecule has 0 bridgehead atoms. The molecular formula is C30H39N7O4. The van der Waals surface area contributed by atoms with Gasteiger partial charge in [0.2, 0.25) is 5.95 Å². The van der Waals surface area contributed by atoms with Gasteiger partial charge in [0.05, 0.1) is 43.1 Å². The van der Waals surface area contributed by atoms with Gasteiger partial charge in [-0.05, 0) is 45.1 Å². The summed E-state index contributed by atoms with van der Waals surface area (Å²) in [6.45, 7) is 14.0. The third-order valence-electron chi connectivity index (χ3n) is 7.68. The molecule has 2 aliphatic rings. The molecule has 41 heavy (non-hydrogen) atoms. The predicted octanol–water partition coefficient (Wildman–Crippen LogP) is 3.71. The normalized spacial score (nSPS) is 17.8. The van der Waals surface area contributed by atoms with E-state index in [0.29, 0.717) is 35.8 Å². The lowest BCUT2D eigenvalue weighted by atomic mass is 9.77. The number of pyridine rings is 1. The van der Waals surface area contributed by atoms with Gasteiger partial charge >= 0.3 is 5.97 Å². The van der Waals surface area contributed by atoms with Crippen molar-refractivity contribution in [2.24, 2.45) is 5.41 Å². The summed E-state index contributed by atoms with van der Waals surface area (Å²) in [5.74, 6) is 1.16. The van der Waals surface area contributed by atoms with Crippen LogP contribution in [0.4, 0.5) is 5.95 Å². The number of nitrogens with zero attached hydrogens (tertiary/aromatic N) is 7. The second kappa shape index (κ2) is 12.0. The van der Waals surface area contributed by atoms with E-state index in [4.69, 9.17) is 14.2 Å². The van der Waals surface area contributed by atoms with E-state index in [0.717, 1.165) is 69.9 Å². The second-order valence-electron chi connectivity index (χ2n) is 12.2. The molecule has 3 aromatic rings. The molecule has 0 spiro atoms. The smallest absolute Gasteiger partial charge is 0.306 e. The van der Waals surface area contributed by atoms with Crippen molar-refractivity contribution in [3.8, 4) is 22.9 Å². The van der Waals surface area contributed by atoms with Crippen molar-refractivity contribution in [1.29, 1.82) is 5.26 Å². The summed E-state index contributed by atoms with van der Waals surface area (Å²) in [6.07, 6.45) is 9.05. The van der Waals surface area contributed by atoms with Crippen LogP contribution >= 0.6 is 0 Å². The van der Waals surface area contributed by atoms with E-state index in [1.54, 1.807) is 29.3 Å². The van der Waals surface area contributed by atoms with Gasteiger partial charge in [0.25, 0.3) is 0 Å². The number of hydrogen-bond donors (Lipinski definition) is 0. The summed E-state index contributed by atoms with van der Waals surface area (Å²) in [5, 5.41) is 14.1. The Hall–Kier alpha value is -3.75. The van der Waals surface area contributed by atoms with Crippen LogP contribution in [0.5, 0.6) is 5.75 Å². The van der Waals surface area contributed by atoms with E-state index < -0.39 is 5.60 Å². The summed E-state index contributed by atoms with van der Waals surface area (Å²) in [7, 11) is 0. The number of esters is 1. The maximum atomic E-state index is 12.4. The highest BCUT2D eigenvalue weighted by Crippen LogP contribution is 2.36. The molecule has 0 amide bonds. The molecule has 2 aliphatic heterocycles. The summed E-state index contributed by atoms with van der Waals surface area (Å²) < 4.78 is 18.8. The first-order valence-corrected chi connectivity index (χ1v) is 14.3. The minimum absolute atomic E-state index is 0.109. The van der Waals surface area contributed by atoms with E-state index in [-0.39, 0.29) is 11.4 Å². The van der Waals surface area contributed by atoms with Crippen LogP contribution in [0.3, 0.4) is 0 Å². The van der Waals surface area contributed by atoms with Crippen LogP contribution in [0.15, 0.2) is 30.9 Å². The zero-order valence-corrected chi connectivity index (χ0v) is 24.4. The summed E-state index contributed by atoms with van der Waals surface area (Å²) >= 11 is 0. The number of rotatable bonds is 8. The SMILES string of the molecule is CC1(CC(=O)OC(C)(C)C)CCN(c2ncc(-c3cc(OCCN4CCOCC4)cn4ncc(C#N)c34)cn2)CC1. The molecule has 11 heteroatoms. The molecule has 218 valence electrons. The average Bonchev–Trinajstić information content (AvgIpc) is 3.36.